The van der Waals surface area contributed by atoms with Crippen LogP contribution >= 0.6 is 23.2 Å². The molecule has 0 atom stereocenters. The van der Waals surface area contributed by atoms with Crippen LogP contribution in [0.3, 0.4) is 0 Å². The number of carbonyl (C=O) groups is 1. The summed E-state index contributed by atoms with van der Waals surface area (Å²) in [5, 5.41) is 10.5. The third-order valence-corrected chi connectivity index (χ3v) is 3.78. The van der Waals surface area contributed by atoms with Gasteiger partial charge < -0.3 is 9.73 Å². The van der Waals surface area contributed by atoms with Gasteiger partial charge in [-0.1, -0.05) is 29.3 Å². The number of rotatable bonds is 4. The van der Waals surface area contributed by atoms with Gasteiger partial charge in [-0.05, 0) is 30.3 Å². The van der Waals surface area contributed by atoms with Crippen molar-refractivity contribution in [2.24, 2.45) is 0 Å². The second-order valence-electron chi connectivity index (χ2n) is 4.56. The van der Waals surface area contributed by atoms with E-state index in [2.05, 4.69) is 15.5 Å². The fourth-order valence-corrected chi connectivity index (χ4v) is 2.22. The van der Waals surface area contributed by atoms with Crippen molar-refractivity contribution in [2.45, 2.75) is 6.54 Å². The summed E-state index contributed by atoms with van der Waals surface area (Å²) in [4.78, 5) is 12.0. The Morgan fingerprint density at radius 3 is 2.82 bits per heavy atom. The van der Waals surface area contributed by atoms with Crippen molar-refractivity contribution < 1.29 is 9.21 Å². The minimum absolute atomic E-state index is 0.268. The van der Waals surface area contributed by atoms with Crippen molar-refractivity contribution in [3.63, 3.8) is 0 Å². The molecule has 1 aromatic carbocycles. The van der Waals surface area contributed by atoms with Crippen LogP contribution in [0.15, 0.2) is 47.1 Å². The minimum atomic E-state index is -0.268. The van der Waals surface area contributed by atoms with Crippen LogP contribution < -0.4 is 5.32 Å². The van der Waals surface area contributed by atoms with Crippen molar-refractivity contribution in [1.82, 2.24) is 15.5 Å². The van der Waals surface area contributed by atoms with Crippen molar-refractivity contribution >= 4 is 29.1 Å². The molecular formula is C15H11Cl2N3O2. The lowest BCUT2D eigenvalue weighted by molar-refractivity contribution is 0.0943. The zero-order chi connectivity index (χ0) is 15.5. The van der Waals surface area contributed by atoms with Crippen LogP contribution in [0.4, 0.5) is 0 Å². The van der Waals surface area contributed by atoms with E-state index in [1.165, 1.54) is 0 Å². The molecule has 0 spiro atoms. The molecule has 0 aliphatic carbocycles. The van der Waals surface area contributed by atoms with E-state index in [-0.39, 0.29) is 5.91 Å². The molecule has 7 heteroatoms. The number of halogens is 2. The number of aromatic nitrogens is 2. The van der Waals surface area contributed by atoms with Crippen LogP contribution in [-0.2, 0) is 6.54 Å². The van der Waals surface area contributed by atoms with E-state index in [1.54, 1.807) is 42.7 Å². The molecule has 3 rings (SSSR count). The van der Waals surface area contributed by atoms with Crippen LogP contribution in [0, 0.1) is 0 Å². The summed E-state index contributed by atoms with van der Waals surface area (Å²) < 4.78 is 5.15. The maximum absolute atomic E-state index is 12.0. The van der Waals surface area contributed by atoms with E-state index in [0.717, 1.165) is 5.56 Å². The zero-order valence-corrected chi connectivity index (χ0v) is 12.8. The summed E-state index contributed by atoms with van der Waals surface area (Å²) in [6, 6.07) is 10.4. The Morgan fingerprint density at radius 2 is 2.09 bits per heavy atom. The van der Waals surface area contributed by atoms with Gasteiger partial charge in [0, 0.05) is 5.56 Å². The monoisotopic (exact) mass is 335 g/mol. The molecule has 22 heavy (non-hydrogen) atoms. The molecule has 2 N–H and O–H groups in total. The highest BCUT2D eigenvalue weighted by Gasteiger charge is 2.12. The fraction of sp³-hybridized carbons (Fsp3) is 0.0667. The largest absolute Gasteiger partial charge is 0.467 e. The van der Waals surface area contributed by atoms with Gasteiger partial charge in [-0.2, -0.15) is 5.10 Å². The summed E-state index contributed by atoms with van der Waals surface area (Å²) in [6.45, 7) is 0.312. The molecule has 3 aromatic rings. The number of H-pyrrole nitrogens is 1. The van der Waals surface area contributed by atoms with Crippen LogP contribution in [0.25, 0.3) is 11.3 Å². The van der Waals surface area contributed by atoms with Crippen LogP contribution in [0.5, 0.6) is 0 Å². The van der Waals surface area contributed by atoms with Gasteiger partial charge >= 0.3 is 0 Å². The molecule has 0 unspecified atom stereocenters. The van der Waals surface area contributed by atoms with E-state index in [9.17, 15) is 4.79 Å². The highest BCUT2D eigenvalue weighted by Crippen LogP contribution is 2.27. The molecular weight excluding hydrogens is 325 g/mol. The topological polar surface area (TPSA) is 70.9 Å². The number of aromatic amines is 1. The van der Waals surface area contributed by atoms with Crippen LogP contribution in [0.1, 0.15) is 16.2 Å². The highest BCUT2D eigenvalue weighted by molar-refractivity contribution is 6.42. The Balaban J connectivity index is 1.72. The third kappa shape index (κ3) is 3.16. The van der Waals surface area contributed by atoms with E-state index in [0.29, 0.717) is 33.7 Å². The highest BCUT2D eigenvalue weighted by atomic mass is 35.5. The van der Waals surface area contributed by atoms with Gasteiger partial charge in [0.1, 0.15) is 11.5 Å². The number of amides is 1. The van der Waals surface area contributed by atoms with Gasteiger partial charge in [-0.15, -0.1) is 0 Å². The lowest BCUT2D eigenvalue weighted by atomic mass is 10.1. The number of benzene rings is 1. The summed E-state index contributed by atoms with van der Waals surface area (Å²) in [7, 11) is 0. The predicted octanol–water partition coefficient (Wildman–Crippen LogP) is 3.91. The predicted molar refractivity (Wildman–Crippen MR) is 83.9 cm³/mol. The standard InChI is InChI=1S/C15H11Cl2N3O2/c16-11-4-3-9(6-12(11)17)13-7-14(20-19-13)15(21)18-8-10-2-1-5-22-10/h1-7H,8H2,(H,18,21)(H,19,20). The number of hydrogen-bond acceptors (Lipinski definition) is 3. The first-order valence-electron chi connectivity index (χ1n) is 6.45. The van der Waals surface area contributed by atoms with Gasteiger partial charge in [-0.25, -0.2) is 0 Å². The molecule has 0 radical (unpaired) electrons. The third-order valence-electron chi connectivity index (χ3n) is 3.04. The summed E-state index contributed by atoms with van der Waals surface area (Å²) >= 11 is 11.9. The molecule has 2 heterocycles. The van der Waals surface area contributed by atoms with Crippen LogP contribution in [0.2, 0.25) is 10.0 Å². The van der Waals surface area contributed by atoms with Crippen molar-refractivity contribution in [3.8, 4) is 11.3 Å². The molecule has 0 saturated heterocycles. The zero-order valence-electron chi connectivity index (χ0n) is 11.3. The Bertz CT molecular complexity index is 797. The molecule has 112 valence electrons. The molecule has 0 saturated carbocycles. The SMILES string of the molecule is O=C(NCc1ccco1)c1cc(-c2ccc(Cl)c(Cl)c2)n[nH]1. The lowest BCUT2D eigenvalue weighted by Crippen LogP contribution is -2.22. The number of nitrogens with zero attached hydrogens (tertiary/aromatic N) is 1. The van der Waals surface area contributed by atoms with Crippen molar-refractivity contribution in [1.29, 1.82) is 0 Å². The molecule has 0 fully saturated rings. The molecule has 2 aromatic heterocycles. The van der Waals surface area contributed by atoms with E-state index in [1.807, 2.05) is 0 Å². The average molecular weight is 336 g/mol. The smallest absolute Gasteiger partial charge is 0.269 e. The first-order chi connectivity index (χ1) is 10.6. The minimum Gasteiger partial charge on any atom is -0.467 e. The maximum Gasteiger partial charge on any atom is 0.269 e. The summed E-state index contributed by atoms with van der Waals surface area (Å²) in [6.07, 6.45) is 1.56. The number of hydrogen-bond donors (Lipinski definition) is 2. The summed E-state index contributed by atoms with van der Waals surface area (Å²) in [5.41, 5.74) is 1.74. The van der Waals surface area contributed by atoms with Gasteiger partial charge in [0.2, 0.25) is 0 Å². The Kier molecular flexibility index (Phi) is 4.18. The molecule has 1 amide bonds. The normalized spacial score (nSPS) is 10.6. The lowest BCUT2D eigenvalue weighted by Gasteiger charge is -2.00. The molecule has 5 nitrogen and oxygen atoms in total. The fourth-order valence-electron chi connectivity index (χ4n) is 1.92. The Labute approximate surface area is 136 Å². The van der Waals surface area contributed by atoms with E-state index < -0.39 is 0 Å². The molecule has 0 aliphatic heterocycles. The van der Waals surface area contributed by atoms with Gasteiger partial charge in [0.15, 0.2) is 0 Å². The quantitative estimate of drug-likeness (QED) is 0.759. The maximum atomic E-state index is 12.0. The van der Waals surface area contributed by atoms with E-state index >= 15 is 0 Å². The number of nitrogens with one attached hydrogen (secondary N) is 2. The number of carbonyl (C=O) groups excluding carboxylic acids is 1. The molecule has 0 bridgehead atoms. The first kappa shape index (κ1) is 14.7. The Morgan fingerprint density at radius 1 is 1.23 bits per heavy atom. The number of furan rings is 1. The van der Waals surface area contributed by atoms with Gasteiger partial charge in [-0.3, -0.25) is 9.89 Å². The second-order valence-corrected chi connectivity index (χ2v) is 5.37. The van der Waals surface area contributed by atoms with Crippen molar-refractivity contribution in [3.05, 3.63) is 64.2 Å². The Hall–Kier alpha value is -2.24. The average Bonchev–Trinajstić information content (AvgIpc) is 3.18. The van der Waals surface area contributed by atoms with Crippen LogP contribution in [-0.4, -0.2) is 16.1 Å². The van der Waals surface area contributed by atoms with E-state index in [4.69, 9.17) is 27.6 Å². The second kappa shape index (κ2) is 6.25. The molecule has 0 aliphatic rings. The van der Waals surface area contributed by atoms with Gasteiger partial charge in [0.25, 0.3) is 5.91 Å². The van der Waals surface area contributed by atoms with Gasteiger partial charge in [0.05, 0.1) is 28.5 Å². The van der Waals surface area contributed by atoms with Crippen molar-refractivity contribution in [2.75, 3.05) is 0 Å². The summed E-state index contributed by atoms with van der Waals surface area (Å²) in [5.74, 6) is 0.410. The first-order valence-corrected chi connectivity index (χ1v) is 7.20.